The van der Waals surface area contributed by atoms with Gasteiger partial charge in [-0.3, -0.25) is 4.79 Å². The first kappa shape index (κ1) is 15.1. The van der Waals surface area contributed by atoms with E-state index in [4.69, 9.17) is 0 Å². The van der Waals surface area contributed by atoms with Gasteiger partial charge in [-0.2, -0.15) is 0 Å². The van der Waals surface area contributed by atoms with Crippen molar-refractivity contribution in [3.63, 3.8) is 0 Å². The van der Waals surface area contributed by atoms with E-state index in [0.29, 0.717) is 13.1 Å². The van der Waals surface area contributed by atoms with Gasteiger partial charge in [0.05, 0.1) is 18.8 Å². The summed E-state index contributed by atoms with van der Waals surface area (Å²) in [6.07, 6.45) is 1.21. The summed E-state index contributed by atoms with van der Waals surface area (Å²) >= 11 is 0. The fourth-order valence-electron chi connectivity index (χ4n) is 3.35. The molecule has 0 spiro atoms. The Kier molecular flexibility index (Phi) is 3.52. The van der Waals surface area contributed by atoms with Gasteiger partial charge < -0.3 is 9.80 Å². The average molecular weight is 322 g/mol. The number of aromatic nitrogens is 2. The van der Waals surface area contributed by atoms with E-state index in [1.54, 1.807) is 0 Å². The van der Waals surface area contributed by atoms with Crippen LogP contribution in [0.25, 0.3) is 0 Å². The van der Waals surface area contributed by atoms with Gasteiger partial charge in [0.2, 0.25) is 0 Å². The van der Waals surface area contributed by atoms with Gasteiger partial charge in [0.25, 0.3) is 5.91 Å². The molecular weight excluding hydrogens is 300 g/mol. The van der Waals surface area contributed by atoms with E-state index < -0.39 is 0 Å². The second-order valence-corrected chi connectivity index (χ2v) is 6.82. The summed E-state index contributed by atoms with van der Waals surface area (Å²) in [7, 11) is 0. The van der Waals surface area contributed by atoms with Crippen molar-refractivity contribution in [3.8, 4) is 0 Å². The van der Waals surface area contributed by atoms with Gasteiger partial charge in [0, 0.05) is 24.2 Å². The van der Waals surface area contributed by atoms with Crippen LogP contribution in [-0.4, -0.2) is 33.9 Å². The monoisotopic (exact) mass is 322 g/mol. The van der Waals surface area contributed by atoms with Gasteiger partial charge >= 0.3 is 0 Å². The first-order valence-electron chi connectivity index (χ1n) is 8.51. The van der Waals surface area contributed by atoms with E-state index in [0.717, 1.165) is 47.1 Å². The Bertz CT molecular complexity index is 826. The lowest BCUT2D eigenvalue weighted by molar-refractivity contribution is 0.0750. The average Bonchev–Trinajstić information content (AvgIpc) is 2.91. The third-order valence-electron chi connectivity index (χ3n) is 5.07. The standard InChI is InChI=1S/C19H22N4O/c1-12-5-6-15(9-13(12)2)19(24)23-10-16-17(11-23)20-14(3)21-18(16)22-7-4-8-22/h5-6,9H,4,7-8,10-11H2,1-3H3. The molecule has 0 unspecified atom stereocenters. The molecule has 5 nitrogen and oxygen atoms in total. The lowest BCUT2D eigenvalue weighted by Crippen LogP contribution is -2.38. The van der Waals surface area contributed by atoms with Crippen molar-refractivity contribution in [2.24, 2.45) is 0 Å². The summed E-state index contributed by atoms with van der Waals surface area (Å²) in [5.41, 5.74) is 5.23. The molecule has 1 fully saturated rings. The second-order valence-electron chi connectivity index (χ2n) is 6.82. The van der Waals surface area contributed by atoms with E-state index in [9.17, 15) is 4.79 Å². The Morgan fingerprint density at radius 1 is 1.04 bits per heavy atom. The van der Waals surface area contributed by atoms with Crippen molar-refractivity contribution >= 4 is 11.7 Å². The Hall–Kier alpha value is -2.43. The van der Waals surface area contributed by atoms with Crippen molar-refractivity contribution in [3.05, 3.63) is 52.0 Å². The lowest BCUT2D eigenvalue weighted by atomic mass is 10.1. The minimum absolute atomic E-state index is 0.0725. The summed E-state index contributed by atoms with van der Waals surface area (Å²) in [6, 6.07) is 5.91. The Labute approximate surface area is 142 Å². The van der Waals surface area contributed by atoms with Crippen LogP contribution >= 0.6 is 0 Å². The van der Waals surface area contributed by atoms with Crippen molar-refractivity contribution in [2.75, 3.05) is 18.0 Å². The number of carbonyl (C=O) groups is 1. The molecule has 0 bridgehead atoms. The second kappa shape index (κ2) is 5.58. The highest BCUT2D eigenvalue weighted by atomic mass is 16.2. The molecule has 0 N–H and O–H groups in total. The number of fused-ring (bicyclic) bond motifs is 1. The molecule has 1 amide bonds. The van der Waals surface area contributed by atoms with Crippen LogP contribution in [0.2, 0.25) is 0 Å². The van der Waals surface area contributed by atoms with Crippen LogP contribution < -0.4 is 4.90 Å². The Morgan fingerprint density at radius 3 is 2.50 bits per heavy atom. The van der Waals surface area contributed by atoms with Crippen LogP contribution in [0.15, 0.2) is 18.2 Å². The van der Waals surface area contributed by atoms with E-state index in [1.807, 2.05) is 36.9 Å². The molecule has 0 radical (unpaired) electrons. The number of carbonyl (C=O) groups excluding carboxylic acids is 1. The molecule has 1 saturated heterocycles. The normalized spacial score (nSPS) is 16.1. The number of hydrogen-bond donors (Lipinski definition) is 0. The molecule has 24 heavy (non-hydrogen) atoms. The lowest BCUT2D eigenvalue weighted by Gasteiger charge is -2.33. The number of benzene rings is 1. The molecule has 1 aromatic heterocycles. The molecule has 0 saturated carbocycles. The van der Waals surface area contributed by atoms with Crippen molar-refractivity contribution < 1.29 is 4.79 Å². The molecule has 5 heteroatoms. The summed E-state index contributed by atoms with van der Waals surface area (Å²) < 4.78 is 0. The predicted molar refractivity (Wildman–Crippen MR) is 93.1 cm³/mol. The number of rotatable bonds is 2. The summed E-state index contributed by atoms with van der Waals surface area (Å²) in [5.74, 6) is 1.89. The molecule has 2 aliphatic heterocycles. The number of anilines is 1. The van der Waals surface area contributed by atoms with E-state index >= 15 is 0 Å². The molecule has 0 aliphatic carbocycles. The highest BCUT2D eigenvalue weighted by molar-refractivity contribution is 5.95. The van der Waals surface area contributed by atoms with Gasteiger partial charge in [-0.05, 0) is 50.5 Å². The van der Waals surface area contributed by atoms with Gasteiger partial charge in [-0.25, -0.2) is 9.97 Å². The molecule has 0 atom stereocenters. The first-order valence-corrected chi connectivity index (χ1v) is 8.51. The molecular formula is C19H22N4O. The van der Waals surface area contributed by atoms with Gasteiger partial charge in [0.15, 0.2) is 0 Å². The Morgan fingerprint density at radius 2 is 1.83 bits per heavy atom. The van der Waals surface area contributed by atoms with Crippen LogP contribution in [0.5, 0.6) is 0 Å². The first-order chi connectivity index (χ1) is 11.5. The van der Waals surface area contributed by atoms with Crippen molar-refractivity contribution in [2.45, 2.75) is 40.3 Å². The summed E-state index contributed by atoms with van der Waals surface area (Å²) in [5, 5.41) is 0. The highest BCUT2D eigenvalue weighted by Crippen LogP contribution is 2.32. The SMILES string of the molecule is Cc1nc2c(c(N3CCC3)n1)CN(C(=O)c1ccc(C)c(C)c1)C2. The van der Waals surface area contributed by atoms with Crippen LogP contribution in [0.3, 0.4) is 0 Å². The number of nitrogens with zero attached hydrogens (tertiary/aromatic N) is 4. The molecule has 124 valence electrons. The van der Waals surface area contributed by atoms with Crippen LogP contribution in [0, 0.1) is 20.8 Å². The summed E-state index contributed by atoms with van der Waals surface area (Å²) in [6.45, 7) is 9.31. The fourth-order valence-corrected chi connectivity index (χ4v) is 3.35. The number of hydrogen-bond acceptors (Lipinski definition) is 4. The summed E-state index contributed by atoms with van der Waals surface area (Å²) in [4.78, 5) is 26.3. The van der Waals surface area contributed by atoms with E-state index in [-0.39, 0.29) is 5.91 Å². The Balaban J connectivity index is 1.63. The zero-order valence-electron chi connectivity index (χ0n) is 14.5. The molecule has 2 aromatic rings. The highest BCUT2D eigenvalue weighted by Gasteiger charge is 2.31. The maximum Gasteiger partial charge on any atom is 0.254 e. The topological polar surface area (TPSA) is 49.3 Å². The zero-order chi connectivity index (χ0) is 16.8. The molecule has 3 heterocycles. The van der Waals surface area contributed by atoms with Gasteiger partial charge in [-0.1, -0.05) is 6.07 Å². The third-order valence-corrected chi connectivity index (χ3v) is 5.07. The van der Waals surface area contributed by atoms with Gasteiger partial charge in [-0.15, -0.1) is 0 Å². The van der Waals surface area contributed by atoms with E-state index in [1.165, 1.54) is 12.0 Å². The zero-order valence-corrected chi connectivity index (χ0v) is 14.5. The maximum atomic E-state index is 12.9. The van der Waals surface area contributed by atoms with Crippen LogP contribution in [0.1, 0.15) is 45.0 Å². The minimum atomic E-state index is 0.0725. The number of aryl methyl sites for hydroxylation is 3. The molecule has 2 aliphatic rings. The van der Waals surface area contributed by atoms with Crippen molar-refractivity contribution in [1.82, 2.24) is 14.9 Å². The third kappa shape index (κ3) is 2.44. The van der Waals surface area contributed by atoms with E-state index in [2.05, 4.69) is 21.8 Å². The largest absolute Gasteiger partial charge is 0.356 e. The minimum Gasteiger partial charge on any atom is -0.356 e. The van der Waals surface area contributed by atoms with Crippen LogP contribution in [-0.2, 0) is 13.1 Å². The predicted octanol–water partition coefficient (Wildman–Crippen LogP) is 2.77. The number of amides is 1. The smallest absolute Gasteiger partial charge is 0.254 e. The van der Waals surface area contributed by atoms with Crippen LogP contribution in [0.4, 0.5) is 5.82 Å². The molecule has 4 rings (SSSR count). The quantitative estimate of drug-likeness (QED) is 0.853. The van der Waals surface area contributed by atoms with Gasteiger partial charge in [0.1, 0.15) is 11.6 Å². The van der Waals surface area contributed by atoms with Crippen molar-refractivity contribution in [1.29, 1.82) is 0 Å². The fraction of sp³-hybridized carbons (Fsp3) is 0.421. The maximum absolute atomic E-state index is 12.9. The molecule has 1 aromatic carbocycles.